The molecule has 0 aromatic heterocycles. The summed E-state index contributed by atoms with van der Waals surface area (Å²) >= 11 is 0. The molecule has 0 saturated carbocycles. The number of hydrogen-bond donors (Lipinski definition) is 2. The molecule has 18 heavy (non-hydrogen) atoms. The highest BCUT2D eigenvalue weighted by Gasteiger charge is 2.13. The Bertz CT molecular complexity index is 418. The van der Waals surface area contributed by atoms with E-state index in [9.17, 15) is 9.18 Å². The van der Waals surface area contributed by atoms with Crippen molar-refractivity contribution in [3.8, 4) is 0 Å². The summed E-state index contributed by atoms with van der Waals surface area (Å²) in [5, 5.41) is 2.67. The third-order valence-corrected chi connectivity index (χ3v) is 2.67. The van der Waals surface area contributed by atoms with Gasteiger partial charge in [0.05, 0.1) is 5.56 Å². The number of nitrogens with one attached hydrogen (secondary N) is 1. The Balaban J connectivity index is 2.58. The lowest BCUT2D eigenvalue weighted by Crippen LogP contribution is -2.38. The third-order valence-electron chi connectivity index (χ3n) is 2.67. The zero-order chi connectivity index (χ0) is 13.7. The summed E-state index contributed by atoms with van der Waals surface area (Å²) in [5.41, 5.74) is 6.79. The van der Waals surface area contributed by atoms with Gasteiger partial charge in [-0.2, -0.15) is 0 Å². The van der Waals surface area contributed by atoms with Gasteiger partial charge in [-0.1, -0.05) is 25.5 Å². The Labute approximate surface area is 108 Å². The van der Waals surface area contributed by atoms with Crippen molar-refractivity contribution < 1.29 is 9.18 Å². The van der Waals surface area contributed by atoms with E-state index in [1.807, 2.05) is 6.92 Å². The summed E-state index contributed by atoms with van der Waals surface area (Å²) in [7, 11) is 0. The lowest BCUT2D eigenvalue weighted by Gasteiger charge is -2.15. The normalized spacial score (nSPS) is 12.6. The highest BCUT2D eigenvalue weighted by atomic mass is 19.1. The van der Waals surface area contributed by atoms with Crippen LogP contribution in [0.1, 0.15) is 36.2 Å². The van der Waals surface area contributed by atoms with Gasteiger partial charge < -0.3 is 11.1 Å². The fraction of sp³-hybridized carbons (Fsp3) is 0.500. The molecule has 1 rings (SSSR count). The number of carbonyl (C=O) groups excluding carboxylic acids is 1. The first-order valence-corrected chi connectivity index (χ1v) is 6.20. The molecule has 0 bridgehead atoms. The van der Waals surface area contributed by atoms with E-state index in [1.54, 1.807) is 12.1 Å². The summed E-state index contributed by atoms with van der Waals surface area (Å²) in [6.45, 7) is 6.33. The molecular formula is C14H21FN2O. The fourth-order valence-electron chi connectivity index (χ4n) is 1.82. The number of halogens is 1. The first-order valence-electron chi connectivity index (χ1n) is 6.20. The van der Waals surface area contributed by atoms with Gasteiger partial charge in [0.15, 0.2) is 0 Å². The van der Waals surface area contributed by atoms with Crippen LogP contribution < -0.4 is 11.1 Å². The van der Waals surface area contributed by atoms with Crippen LogP contribution in [0.3, 0.4) is 0 Å². The molecule has 3 nitrogen and oxygen atoms in total. The molecule has 100 valence electrons. The van der Waals surface area contributed by atoms with Crippen molar-refractivity contribution in [3.63, 3.8) is 0 Å². The van der Waals surface area contributed by atoms with Gasteiger partial charge in [-0.05, 0) is 31.4 Å². The molecule has 0 aliphatic heterocycles. The Kier molecular flexibility index (Phi) is 5.28. The molecule has 4 heteroatoms. The van der Waals surface area contributed by atoms with Crippen LogP contribution >= 0.6 is 0 Å². The highest BCUT2D eigenvalue weighted by Crippen LogP contribution is 2.10. The molecule has 1 unspecified atom stereocenters. The maximum absolute atomic E-state index is 13.5. The van der Waals surface area contributed by atoms with E-state index in [0.29, 0.717) is 12.5 Å². The zero-order valence-corrected chi connectivity index (χ0v) is 11.2. The summed E-state index contributed by atoms with van der Waals surface area (Å²) < 4.78 is 13.5. The molecule has 1 aromatic rings. The molecule has 0 heterocycles. The molecule has 0 radical (unpaired) electrons. The van der Waals surface area contributed by atoms with Crippen LogP contribution in [-0.2, 0) is 0 Å². The average molecular weight is 252 g/mol. The monoisotopic (exact) mass is 252 g/mol. The topological polar surface area (TPSA) is 55.1 Å². The van der Waals surface area contributed by atoms with Gasteiger partial charge in [0.25, 0.3) is 5.91 Å². The standard InChI is InChI=1S/C14H21FN2O/c1-9(2)6-11(16)8-17-14(18)12-7-10(3)4-5-13(12)15/h4-5,7,9,11H,6,8,16H2,1-3H3,(H,17,18). The molecule has 0 spiro atoms. The summed E-state index contributed by atoms with van der Waals surface area (Å²) in [5.74, 6) is -0.432. The van der Waals surface area contributed by atoms with E-state index in [4.69, 9.17) is 5.73 Å². The predicted molar refractivity (Wildman–Crippen MR) is 70.9 cm³/mol. The molecule has 0 fully saturated rings. The fourth-order valence-corrected chi connectivity index (χ4v) is 1.82. The van der Waals surface area contributed by atoms with Gasteiger partial charge >= 0.3 is 0 Å². The lowest BCUT2D eigenvalue weighted by atomic mass is 10.0. The van der Waals surface area contributed by atoms with E-state index in [0.717, 1.165) is 12.0 Å². The Morgan fingerprint density at radius 2 is 2.11 bits per heavy atom. The van der Waals surface area contributed by atoms with Crippen LogP contribution in [0.4, 0.5) is 4.39 Å². The number of benzene rings is 1. The van der Waals surface area contributed by atoms with Crippen molar-refractivity contribution in [1.29, 1.82) is 0 Å². The lowest BCUT2D eigenvalue weighted by molar-refractivity contribution is 0.0946. The van der Waals surface area contributed by atoms with E-state index < -0.39 is 11.7 Å². The zero-order valence-electron chi connectivity index (χ0n) is 11.2. The van der Waals surface area contributed by atoms with Gasteiger partial charge in [0.2, 0.25) is 0 Å². The molecule has 0 aliphatic rings. The van der Waals surface area contributed by atoms with Gasteiger partial charge in [0, 0.05) is 12.6 Å². The molecule has 0 aliphatic carbocycles. The van der Waals surface area contributed by atoms with E-state index >= 15 is 0 Å². The summed E-state index contributed by atoms with van der Waals surface area (Å²) in [4.78, 5) is 11.8. The molecule has 3 N–H and O–H groups in total. The minimum absolute atomic E-state index is 0.0757. The van der Waals surface area contributed by atoms with Crippen molar-refractivity contribution in [2.45, 2.75) is 33.2 Å². The van der Waals surface area contributed by atoms with Crippen molar-refractivity contribution >= 4 is 5.91 Å². The second kappa shape index (κ2) is 6.50. The minimum Gasteiger partial charge on any atom is -0.350 e. The number of rotatable bonds is 5. The van der Waals surface area contributed by atoms with Crippen molar-refractivity contribution in [1.82, 2.24) is 5.32 Å². The Morgan fingerprint density at radius 3 is 2.72 bits per heavy atom. The molecule has 1 atom stereocenters. The number of carbonyl (C=O) groups is 1. The van der Waals surface area contributed by atoms with E-state index in [2.05, 4.69) is 19.2 Å². The summed E-state index contributed by atoms with van der Waals surface area (Å²) in [6, 6.07) is 4.38. The Morgan fingerprint density at radius 1 is 1.44 bits per heavy atom. The average Bonchev–Trinajstić information content (AvgIpc) is 2.28. The molecular weight excluding hydrogens is 231 g/mol. The van der Waals surface area contributed by atoms with E-state index in [-0.39, 0.29) is 11.6 Å². The molecule has 1 amide bonds. The molecule has 1 aromatic carbocycles. The quantitative estimate of drug-likeness (QED) is 0.844. The van der Waals surface area contributed by atoms with Gasteiger partial charge in [-0.25, -0.2) is 4.39 Å². The largest absolute Gasteiger partial charge is 0.350 e. The number of hydrogen-bond acceptors (Lipinski definition) is 2. The van der Waals surface area contributed by atoms with Crippen LogP contribution in [0.2, 0.25) is 0 Å². The van der Waals surface area contributed by atoms with Crippen LogP contribution in [0, 0.1) is 18.7 Å². The van der Waals surface area contributed by atoms with Crippen LogP contribution in [-0.4, -0.2) is 18.5 Å². The van der Waals surface area contributed by atoms with Crippen LogP contribution in [0.25, 0.3) is 0 Å². The summed E-state index contributed by atoms with van der Waals surface area (Å²) in [6.07, 6.45) is 0.830. The van der Waals surface area contributed by atoms with Gasteiger partial charge in [-0.3, -0.25) is 4.79 Å². The van der Waals surface area contributed by atoms with Crippen molar-refractivity contribution in [3.05, 3.63) is 35.1 Å². The maximum atomic E-state index is 13.5. The van der Waals surface area contributed by atoms with Crippen LogP contribution in [0.15, 0.2) is 18.2 Å². The second-order valence-electron chi connectivity index (χ2n) is 5.08. The second-order valence-corrected chi connectivity index (χ2v) is 5.08. The first kappa shape index (κ1) is 14.6. The maximum Gasteiger partial charge on any atom is 0.254 e. The molecule has 0 saturated heterocycles. The van der Waals surface area contributed by atoms with E-state index in [1.165, 1.54) is 6.07 Å². The van der Waals surface area contributed by atoms with Crippen molar-refractivity contribution in [2.24, 2.45) is 11.7 Å². The van der Waals surface area contributed by atoms with Gasteiger partial charge in [-0.15, -0.1) is 0 Å². The number of nitrogens with two attached hydrogens (primary N) is 1. The SMILES string of the molecule is Cc1ccc(F)c(C(=O)NCC(N)CC(C)C)c1. The highest BCUT2D eigenvalue weighted by molar-refractivity contribution is 5.94. The first-order chi connectivity index (χ1) is 8.40. The third kappa shape index (κ3) is 4.45. The van der Waals surface area contributed by atoms with Crippen molar-refractivity contribution in [2.75, 3.05) is 6.54 Å². The number of aryl methyl sites for hydroxylation is 1. The number of amides is 1. The predicted octanol–water partition coefficient (Wildman–Crippen LogP) is 2.24. The smallest absolute Gasteiger partial charge is 0.254 e. The Hall–Kier alpha value is -1.42. The van der Waals surface area contributed by atoms with Gasteiger partial charge in [0.1, 0.15) is 5.82 Å². The van der Waals surface area contributed by atoms with Crippen LogP contribution in [0.5, 0.6) is 0 Å². The minimum atomic E-state index is -0.504.